The van der Waals surface area contributed by atoms with E-state index in [0.29, 0.717) is 0 Å². The van der Waals surface area contributed by atoms with E-state index < -0.39 is 16.4 Å². The van der Waals surface area contributed by atoms with Gasteiger partial charge in [-0.15, -0.1) is 0 Å². The van der Waals surface area contributed by atoms with Crippen LogP contribution in [0.2, 0.25) is 10.0 Å². The second-order valence-electron chi connectivity index (χ2n) is 4.95. The SMILES string of the molecule is CC(Nc1c(Cl)cc([N+](=O)[O-])cc1Cl)(C(=O)O)C1CC1. The molecule has 0 aliphatic heterocycles. The number of nitro benzene ring substituents is 1. The van der Waals surface area contributed by atoms with Gasteiger partial charge in [-0.25, -0.2) is 4.79 Å². The standard InChI is InChI=1S/C12H12Cl2N2O4/c1-12(11(17)18,6-2-3-6)15-10-8(13)4-7(16(19)20)5-9(10)14/h4-6,15H,2-3H2,1H3,(H,17,18). The number of aliphatic carboxylic acids is 1. The first-order valence-electron chi connectivity index (χ1n) is 5.90. The number of benzene rings is 1. The Morgan fingerprint density at radius 3 is 2.30 bits per heavy atom. The molecule has 20 heavy (non-hydrogen) atoms. The average Bonchev–Trinajstić information content (AvgIpc) is 3.17. The highest BCUT2D eigenvalue weighted by Gasteiger charge is 2.48. The molecule has 0 saturated heterocycles. The molecule has 2 rings (SSSR count). The Morgan fingerprint density at radius 2 is 1.95 bits per heavy atom. The molecule has 0 amide bonds. The summed E-state index contributed by atoms with van der Waals surface area (Å²) in [6.07, 6.45) is 1.61. The van der Waals surface area contributed by atoms with Gasteiger partial charge < -0.3 is 10.4 Å². The van der Waals surface area contributed by atoms with Gasteiger partial charge in [0.15, 0.2) is 0 Å². The molecule has 1 aliphatic carbocycles. The van der Waals surface area contributed by atoms with Gasteiger partial charge in [0.25, 0.3) is 5.69 Å². The summed E-state index contributed by atoms with van der Waals surface area (Å²) in [5.74, 6) is -1.02. The van der Waals surface area contributed by atoms with Gasteiger partial charge in [0.2, 0.25) is 0 Å². The lowest BCUT2D eigenvalue weighted by molar-refractivity contribution is -0.384. The first kappa shape index (κ1) is 14.9. The van der Waals surface area contributed by atoms with Gasteiger partial charge in [0, 0.05) is 12.1 Å². The zero-order chi connectivity index (χ0) is 15.1. The van der Waals surface area contributed by atoms with Gasteiger partial charge in [-0.1, -0.05) is 23.2 Å². The second-order valence-corrected chi connectivity index (χ2v) is 5.76. The average molecular weight is 319 g/mol. The molecule has 0 bridgehead atoms. The van der Waals surface area contributed by atoms with E-state index in [4.69, 9.17) is 23.2 Å². The van der Waals surface area contributed by atoms with Crippen LogP contribution in [0.4, 0.5) is 11.4 Å². The number of halogens is 2. The summed E-state index contributed by atoms with van der Waals surface area (Å²) in [5.41, 5.74) is -1.23. The highest BCUT2D eigenvalue weighted by Crippen LogP contribution is 2.44. The number of non-ortho nitro benzene ring substituents is 1. The monoisotopic (exact) mass is 318 g/mol. The maximum Gasteiger partial charge on any atom is 0.329 e. The molecule has 0 radical (unpaired) electrons. The second kappa shape index (κ2) is 5.10. The molecule has 1 unspecified atom stereocenters. The molecule has 6 nitrogen and oxygen atoms in total. The highest BCUT2D eigenvalue weighted by molar-refractivity contribution is 6.39. The lowest BCUT2D eigenvalue weighted by Gasteiger charge is -2.28. The molecule has 1 atom stereocenters. The zero-order valence-electron chi connectivity index (χ0n) is 10.5. The van der Waals surface area contributed by atoms with Crippen molar-refractivity contribution in [1.82, 2.24) is 0 Å². The van der Waals surface area contributed by atoms with Gasteiger partial charge in [-0.3, -0.25) is 10.1 Å². The Hall–Kier alpha value is -1.53. The lowest BCUT2D eigenvalue weighted by Crippen LogP contribution is -2.45. The summed E-state index contributed by atoms with van der Waals surface area (Å²) in [6, 6.07) is 2.29. The van der Waals surface area contributed by atoms with Crippen molar-refractivity contribution in [3.05, 3.63) is 32.3 Å². The van der Waals surface area contributed by atoms with E-state index in [9.17, 15) is 20.0 Å². The summed E-state index contributed by atoms with van der Waals surface area (Å²) >= 11 is 11.9. The molecule has 1 fully saturated rings. The van der Waals surface area contributed by atoms with Crippen molar-refractivity contribution >= 4 is 40.5 Å². The van der Waals surface area contributed by atoms with Crippen LogP contribution in [0.15, 0.2) is 12.1 Å². The molecule has 1 aromatic carbocycles. The first-order chi connectivity index (χ1) is 9.25. The van der Waals surface area contributed by atoms with Crippen molar-refractivity contribution in [3.63, 3.8) is 0 Å². The molecule has 8 heteroatoms. The van der Waals surface area contributed by atoms with Gasteiger partial charge in [0.1, 0.15) is 5.54 Å². The summed E-state index contributed by atoms with van der Waals surface area (Å²) in [4.78, 5) is 21.5. The molecular weight excluding hydrogens is 307 g/mol. The fourth-order valence-electron chi connectivity index (χ4n) is 2.04. The molecule has 1 aliphatic rings. The molecule has 108 valence electrons. The van der Waals surface area contributed by atoms with E-state index in [1.807, 2.05) is 0 Å². The maximum absolute atomic E-state index is 11.4. The van der Waals surface area contributed by atoms with Crippen LogP contribution in [-0.4, -0.2) is 21.5 Å². The summed E-state index contributed by atoms with van der Waals surface area (Å²) in [5, 5.41) is 23.0. The fourth-order valence-corrected chi connectivity index (χ4v) is 2.61. The van der Waals surface area contributed by atoms with Crippen molar-refractivity contribution in [2.24, 2.45) is 5.92 Å². The van der Waals surface area contributed by atoms with Crippen LogP contribution in [-0.2, 0) is 4.79 Å². The van der Waals surface area contributed by atoms with Crippen molar-refractivity contribution in [2.75, 3.05) is 5.32 Å². The molecule has 1 saturated carbocycles. The minimum atomic E-state index is -1.19. The lowest BCUT2D eigenvalue weighted by atomic mass is 9.95. The number of nitrogens with zero attached hydrogens (tertiary/aromatic N) is 1. The van der Waals surface area contributed by atoms with Crippen molar-refractivity contribution in [2.45, 2.75) is 25.3 Å². The Bertz CT molecular complexity index is 566. The zero-order valence-corrected chi connectivity index (χ0v) is 12.0. The van der Waals surface area contributed by atoms with Crippen LogP contribution in [0.25, 0.3) is 0 Å². The number of carboxylic acid groups (broad SMARTS) is 1. The van der Waals surface area contributed by atoms with Crippen LogP contribution in [0, 0.1) is 16.0 Å². The largest absolute Gasteiger partial charge is 0.480 e. The number of carbonyl (C=O) groups is 1. The van der Waals surface area contributed by atoms with Crippen molar-refractivity contribution < 1.29 is 14.8 Å². The Morgan fingerprint density at radius 1 is 1.45 bits per heavy atom. The molecule has 2 N–H and O–H groups in total. The number of hydrogen-bond donors (Lipinski definition) is 2. The van der Waals surface area contributed by atoms with Crippen molar-refractivity contribution in [1.29, 1.82) is 0 Å². The van der Waals surface area contributed by atoms with Crippen LogP contribution in [0.1, 0.15) is 19.8 Å². The van der Waals surface area contributed by atoms with Gasteiger partial charge in [-0.2, -0.15) is 0 Å². The van der Waals surface area contributed by atoms with Crippen LogP contribution >= 0.6 is 23.2 Å². The normalized spacial score (nSPS) is 17.4. The minimum Gasteiger partial charge on any atom is -0.480 e. The number of nitro groups is 1. The number of carboxylic acids is 1. The third-order valence-corrected chi connectivity index (χ3v) is 4.06. The van der Waals surface area contributed by atoms with E-state index in [0.717, 1.165) is 25.0 Å². The number of rotatable bonds is 5. The molecule has 0 spiro atoms. The number of anilines is 1. The van der Waals surface area contributed by atoms with E-state index in [1.54, 1.807) is 6.92 Å². The Labute approximate surface area is 124 Å². The predicted molar refractivity (Wildman–Crippen MR) is 75.5 cm³/mol. The van der Waals surface area contributed by atoms with E-state index in [2.05, 4.69) is 5.32 Å². The first-order valence-corrected chi connectivity index (χ1v) is 6.66. The number of hydrogen-bond acceptors (Lipinski definition) is 4. The highest BCUT2D eigenvalue weighted by atomic mass is 35.5. The molecule has 0 aromatic heterocycles. The van der Waals surface area contributed by atoms with Crippen LogP contribution in [0.3, 0.4) is 0 Å². The Kier molecular flexibility index (Phi) is 3.80. The van der Waals surface area contributed by atoms with Gasteiger partial charge >= 0.3 is 5.97 Å². The predicted octanol–water partition coefficient (Wildman–Crippen LogP) is 3.57. The third kappa shape index (κ3) is 2.66. The molecule has 0 heterocycles. The third-order valence-electron chi connectivity index (χ3n) is 3.46. The summed E-state index contributed by atoms with van der Waals surface area (Å²) in [7, 11) is 0. The Balaban J connectivity index is 2.38. The fraction of sp³-hybridized carbons (Fsp3) is 0.417. The maximum atomic E-state index is 11.4. The molecule has 1 aromatic rings. The van der Waals surface area contributed by atoms with Crippen molar-refractivity contribution in [3.8, 4) is 0 Å². The smallest absolute Gasteiger partial charge is 0.329 e. The van der Waals surface area contributed by atoms with Gasteiger partial charge in [0.05, 0.1) is 20.7 Å². The van der Waals surface area contributed by atoms with E-state index in [-0.39, 0.29) is 27.3 Å². The molecular formula is C12H12Cl2N2O4. The minimum absolute atomic E-state index is 0.0117. The van der Waals surface area contributed by atoms with Crippen LogP contribution < -0.4 is 5.32 Å². The van der Waals surface area contributed by atoms with Crippen LogP contribution in [0.5, 0.6) is 0 Å². The quantitative estimate of drug-likeness (QED) is 0.639. The van der Waals surface area contributed by atoms with E-state index >= 15 is 0 Å². The van der Waals surface area contributed by atoms with E-state index in [1.165, 1.54) is 0 Å². The van der Waals surface area contributed by atoms with Gasteiger partial charge in [-0.05, 0) is 25.7 Å². The summed E-state index contributed by atoms with van der Waals surface area (Å²) < 4.78 is 0. The number of nitrogens with one attached hydrogen (secondary N) is 1. The topological polar surface area (TPSA) is 92.5 Å². The summed E-state index contributed by atoms with van der Waals surface area (Å²) in [6.45, 7) is 1.56.